The first-order valence-electron chi connectivity index (χ1n) is 8.38. The number of amides is 2. The third-order valence-corrected chi connectivity index (χ3v) is 4.08. The van der Waals surface area contributed by atoms with Gasteiger partial charge in [-0.1, -0.05) is 12.1 Å². The van der Waals surface area contributed by atoms with E-state index in [1.54, 1.807) is 12.1 Å². The second-order valence-corrected chi connectivity index (χ2v) is 5.78. The molecule has 2 amide bonds. The summed E-state index contributed by atoms with van der Waals surface area (Å²) < 4.78 is 18.6. The Morgan fingerprint density at radius 2 is 1.72 bits per heavy atom. The molecule has 0 spiro atoms. The van der Waals surface area contributed by atoms with Crippen molar-refractivity contribution in [1.29, 1.82) is 0 Å². The van der Waals surface area contributed by atoms with E-state index in [-0.39, 0.29) is 5.82 Å². The number of methoxy groups -OCH3 is 1. The minimum absolute atomic E-state index is 0.206. The normalized spacial score (nSPS) is 15.0. The van der Waals surface area contributed by atoms with E-state index >= 15 is 0 Å². The monoisotopic (exact) mass is 352 g/mol. The van der Waals surface area contributed by atoms with Crippen molar-refractivity contribution in [3.05, 3.63) is 30.1 Å². The summed E-state index contributed by atoms with van der Waals surface area (Å²) in [4.78, 5) is 27.3. The Morgan fingerprint density at radius 3 is 2.36 bits per heavy atom. The first-order chi connectivity index (χ1) is 12.1. The van der Waals surface area contributed by atoms with E-state index in [1.165, 1.54) is 13.2 Å². The molecule has 1 aliphatic rings. The second kappa shape index (κ2) is 9.95. The fourth-order valence-electron chi connectivity index (χ4n) is 2.68. The number of halogens is 1. The minimum Gasteiger partial charge on any atom is -0.383 e. The lowest BCUT2D eigenvalue weighted by molar-refractivity contribution is -0.139. The molecular weight excluding hydrogens is 327 g/mol. The Labute approximate surface area is 147 Å². The Balaban J connectivity index is 1.65. The molecule has 0 aromatic heterocycles. The van der Waals surface area contributed by atoms with Crippen LogP contribution in [0.15, 0.2) is 24.3 Å². The summed E-state index contributed by atoms with van der Waals surface area (Å²) >= 11 is 0. The molecule has 2 N–H and O–H groups in total. The molecular formula is C17H25FN4O3. The summed E-state index contributed by atoms with van der Waals surface area (Å²) in [5, 5.41) is 5.07. The molecule has 0 unspecified atom stereocenters. The largest absolute Gasteiger partial charge is 0.383 e. The molecule has 1 fully saturated rings. The van der Waals surface area contributed by atoms with Gasteiger partial charge in [-0.2, -0.15) is 0 Å². The van der Waals surface area contributed by atoms with Gasteiger partial charge >= 0.3 is 11.8 Å². The van der Waals surface area contributed by atoms with E-state index in [1.807, 2.05) is 11.0 Å². The van der Waals surface area contributed by atoms with Gasteiger partial charge in [-0.05, 0) is 12.1 Å². The van der Waals surface area contributed by atoms with Gasteiger partial charge in [-0.3, -0.25) is 14.5 Å². The maximum Gasteiger partial charge on any atom is 0.309 e. The first-order valence-corrected chi connectivity index (χ1v) is 8.38. The summed E-state index contributed by atoms with van der Waals surface area (Å²) in [6.45, 7) is 4.75. The quantitative estimate of drug-likeness (QED) is 0.526. The number of carbonyl (C=O) groups is 2. The Hall–Kier alpha value is -2.19. The van der Waals surface area contributed by atoms with Gasteiger partial charge in [0.2, 0.25) is 0 Å². The van der Waals surface area contributed by atoms with Crippen molar-refractivity contribution in [2.24, 2.45) is 0 Å². The number of anilines is 1. The predicted molar refractivity (Wildman–Crippen MR) is 92.9 cm³/mol. The van der Waals surface area contributed by atoms with Crippen LogP contribution in [0.3, 0.4) is 0 Å². The van der Waals surface area contributed by atoms with Gasteiger partial charge in [-0.25, -0.2) is 4.39 Å². The summed E-state index contributed by atoms with van der Waals surface area (Å²) in [6.07, 6.45) is 0. The van der Waals surface area contributed by atoms with Crippen LogP contribution in [0.25, 0.3) is 0 Å². The van der Waals surface area contributed by atoms with Gasteiger partial charge < -0.3 is 20.3 Å². The van der Waals surface area contributed by atoms with Crippen LogP contribution in [0, 0.1) is 5.82 Å². The molecule has 2 rings (SSSR count). The van der Waals surface area contributed by atoms with E-state index in [0.717, 1.165) is 26.2 Å². The maximum absolute atomic E-state index is 13.8. The van der Waals surface area contributed by atoms with E-state index in [9.17, 15) is 14.0 Å². The van der Waals surface area contributed by atoms with Crippen molar-refractivity contribution in [2.75, 3.05) is 64.4 Å². The Kier molecular flexibility index (Phi) is 7.62. The molecule has 8 heteroatoms. The van der Waals surface area contributed by atoms with Crippen molar-refractivity contribution in [3.63, 3.8) is 0 Å². The molecule has 0 saturated carbocycles. The van der Waals surface area contributed by atoms with Gasteiger partial charge in [0.1, 0.15) is 5.82 Å². The zero-order valence-corrected chi connectivity index (χ0v) is 14.5. The number of nitrogens with zero attached hydrogens (tertiary/aromatic N) is 2. The highest BCUT2D eigenvalue weighted by Crippen LogP contribution is 2.19. The van der Waals surface area contributed by atoms with Crippen LogP contribution in [-0.2, 0) is 14.3 Å². The molecule has 0 radical (unpaired) electrons. The standard InChI is InChI=1S/C17H25FN4O3/c1-25-13-7-20-17(24)16(23)19-6-8-21-9-11-22(12-10-21)15-5-3-2-4-14(15)18/h2-5H,6-13H2,1H3,(H,19,23)(H,20,24). The van der Waals surface area contributed by atoms with Gasteiger partial charge in [0.05, 0.1) is 12.3 Å². The van der Waals surface area contributed by atoms with E-state index in [2.05, 4.69) is 15.5 Å². The van der Waals surface area contributed by atoms with Gasteiger partial charge in [0.15, 0.2) is 0 Å². The number of rotatable bonds is 7. The number of nitrogens with one attached hydrogen (secondary N) is 2. The smallest absolute Gasteiger partial charge is 0.309 e. The van der Waals surface area contributed by atoms with Crippen LogP contribution >= 0.6 is 0 Å². The minimum atomic E-state index is -0.651. The fourth-order valence-corrected chi connectivity index (χ4v) is 2.68. The van der Waals surface area contributed by atoms with Crippen LogP contribution in [0.5, 0.6) is 0 Å². The highest BCUT2D eigenvalue weighted by molar-refractivity contribution is 6.35. The van der Waals surface area contributed by atoms with Crippen LogP contribution in [0.1, 0.15) is 0 Å². The fraction of sp³-hybridized carbons (Fsp3) is 0.529. The molecule has 1 aromatic rings. The average molecular weight is 352 g/mol. The van der Waals surface area contributed by atoms with Crippen LogP contribution in [0.4, 0.5) is 10.1 Å². The lowest BCUT2D eigenvalue weighted by Crippen LogP contribution is -2.49. The zero-order valence-electron chi connectivity index (χ0n) is 14.5. The molecule has 1 heterocycles. The molecule has 1 saturated heterocycles. The molecule has 0 aliphatic carbocycles. The van der Waals surface area contributed by atoms with Crippen molar-refractivity contribution >= 4 is 17.5 Å². The summed E-state index contributed by atoms with van der Waals surface area (Å²) in [5.74, 6) is -1.50. The van der Waals surface area contributed by atoms with Crippen LogP contribution in [0.2, 0.25) is 0 Å². The maximum atomic E-state index is 13.8. The number of hydrogen-bond donors (Lipinski definition) is 2. The van der Waals surface area contributed by atoms with Gasteiger partial charge in [-0.15, -0.1) is 0 Å². The van der Waals surface area contributed by atoms with E-state index in [0.29, 0.717) is 31.9 Å². The highest BCUT2D eigenvalue weighted by atomic mass is 19.1. The summed E-state index contributed by atoms with van der Waals surface area (Å²) in [7, 11) is 1.53. The number of benzene rings is 1. The molecule has 7 nitrogen and oxygen atoms in total. The highest BCUT2D eigenvalue weighted by Gasteiger charge is 2.19. The molecule has 1 aromatic carbocycles. The molecule has 25 heavy (non-hydrogen) atoms. The lowest BCUT2D eigenvalue weighted by Gasteiger charge is -2.36. The second-order valence-electron chi connectivity index (χ2n) is 5.78. The van der Waals surface area contributed by atoms with Gasteiger partial charge in [0.25, 0.3) is 0 Å². The molecule has 138 valence electrons. The SMILES string of the molecule is COCCNC(=O)C(=O)NCCN1CCN(c2ccccc2F)CC1. The lowest BCUT2D eigenvalue weighted by atomic mass is 10.2. The Morgan fingerprint density at radius 1 is 1.08 bits per heavy atom. The number of carbonyl (C=O) groups excluding carboxylic acids is 2. The van der Waals surface area contributed by atoms with Crippen molar-refractivity contribution in [3.8, 4) is 0 Å². The third kappa shape index (κ3) is 5.99. The molecule has 0 bridgehead atoms. The number of piperazine rings is 1. The Bertz CT molecular complexity index is 577. The average Bonchev–Trinajstić information content (AvgIpc) is 2.63. The van der Waals surface area contributed by atoms with Crippen molar-refractivity contribution < 1.29 is 18.7 Å². The molecule has 1 aliphatic heterocycles. The van der Waals surface area contributed by atoms with Crippen LogP contribution in [-0.4, -0.2) is 76.2 Å². The van der Waals surface area contributed by atoms with Crippen LogP contribution < -0.4 is 15.5 Å². The number of ether oxygens (including phenoxy) is 1. The first kappa shape index (κ1) is 19.1. The topological polar surface area (TPSA) is 73.9 Å². The predicted octanol–water partition coefficient (Wildman–Crippen LogP) is -0.173. The van der Waals surface area contributed by atoms with Crippen molar-refractivity contribution in [2.45, 2.75) is 0 Å². The number of para-hydroxylation sites is 1. The number of hydrogen-bond acceptors (Lipinski definition) is 5. The van der Waals surface area contributed by atoms with E-state index < -0.39 is 11.8 Å². The van der Waals surface area contributed by atoms with E-state index in [4.69, 9.17) is 4.74 Å². The van der Waals surface area contributed by atoms with Crippen molar-refractivity contribution in [1.82, 2.24) is 15.5 Å². The zero-order chi connectivity index (χ0) is 18.1. The molecule has 0 atom stereocenters. The third-order valence-electron chi connectivity index (χ3n) is 4.08. The van der Waals surface area contributed by atoms with Gasteiger partial charge in [0, 0.05) is 52.9 Å². The summed E-state index contributed by atoms with van der Waals surface area (Å²) in [5.41, 5.74) is 0.628. The summed E-state index contributed by atoms with van der Waals surface area (Å²) in [6, 6.07) is 6.77.